The number of halogens is 4. The highest BCUT2D eigenvalue weighted by Gasteiger charge is 2.40. The van der Waals surface area contributed by atoms with Gasteiger partial charge in [0, 0.05) is 42.4 Å². The normalized spacial score (nSPS) is 16.0. The second-order valence-corrected chi connectivity index (χ2v) is 16.1. The number of anilines is 2. The largest absolute Gasteiger partial charge is 0.573 e. The van der Waals surface area contributed by atoms with Gasteiger partial charge in [-0.3, -0.25) is 14.4 Å². The fourth-order valence-electron chi connectivity index (χ4n) is 6.47. The van der Waals surface area contributed by atoms with E-state index in [9.17, 15) is 32.3 Å². The van der Waals surface area contributed by atoms with E-state index in [1.165, 1.54) is 19.4 Å². The lowest BCUT2D eigenvalue weighted by Gasteiger charge is -2.30. The monoisotopic (exact) mass is 840 g/mol. The molecule has 3 heterocycles. The van der Waals surface area contributed by atoms with Gasteiger partial charge in [0.05, 0.1) is 41.3 Å². The van der Waals surface area contributed by atoms with Crippen molar-refractivity contribution >= 4 is 46.9 Å². The lowest BCUT2D eigenvalue weighted by Crippen LogP contribution is -2.51. The molecule has 14 nitrogen and oxygen atoms in total. The van der Waals surface area contributed by atoms with E-state index in [2.05, 4.69) is 36.0 Å². The number of carbonyl (C=O) groups is 4. The van der Waals surface area contributed by atoms with Crippen molar-refractivity contribution < 1.29 is 41.8 Å². The van der Waals surface area contributed by atoms with Gasteiger partial charge in [-0.25, -0.2) is 14.8 Å². The number of likely N-dealkylation sites (tertiary alicyclic amines) is 1. The third kappa shape index (κ3) is 11.4. The number of carbonyl (C=O) groups excluding carboxylic acids is 4. The van der Waals surface area contributed by atoms with E-state index >= 15 is 0 Å². The van der Waals surface area contributed by atoms with Crippen molar-refractivity contribution in [1.29, 1.82) is 0 Å². The quantitative estimate of drug-likeness (QED) is 0.0840. The Morgan fingerprint density at radius 1 is 1.02 bits per heavy atom. The minimum atomic E-state index is -5.08. The molecule has 59 heavy (non-hydrogen) atoms. The molecule has 0 bridgehead atoms. The number of amides is 4. The predicted octanol–water partition coefficient (Wildman–Crippen LogP) is 7.81. The van der Waals surface area contributed by atoms with Crippen LogP contribution in [0.2, 0.25) is 5.02 Å². The molecule has 3 atom stereocenters. The van der Waals surface area contributed by atoms with Gasteiger partial charge < -0.3 is 40.6 Å². The fourth-order valence-corrected chi connectivity index (χ4v) is 6.72. The van der Waals surface area contributed by atoms with E-state index in [1.807, 2.05) is 41.5 Å². The number of hydrogen-bond donors (Lipinski definition) is 5. The van der Waals surface area contributed by atoms with Gasteiger partial charge in [-0.15, -0.1) is 13.2 Å². The Labute approximate surface area is 345 Å². The van der Waals surface area contributed by atoms with Gasteiger partial charge >= 0.3 is 12.5 Å². The van der Waals surface area contributed by atoms with Crippen molar-refractivity contribution in [3.8, 4) is 28.1 Å². The number of imidazole rings is 1. The summed E-state index contributed by atoms with van der Waals surface area (Å²) >= 11 is 6.51. The summed E-state index contributed by atoms with van der Waals surface area (Å²) in [6.07, 6.45) is -2.10. The first kappa shape index (κ1) is 44.3. The molecule has 4 aromatic rings. The molecule has 0 unspecified atom stereocenters. The number of alkyl halides is 3. The number of methoxy groups -OCH3 is 1. The summed E-state index contributed by atoms with van der Waals surface area (Å²) in [4.78, 5) is 64.8. The number of aromatic amines is 1. The summed E-state index contributed by atoms with van der Waals surface area (Å²) in [5.41, 5.74) is 0.957. The average molecular weight is 841 g/mol. The minimum absolute atomic E-state index is 0.0108. The third-order valence-electron chi connectivity index (χ3n) is 9.55. The van der Waals surface area contributed by atoms with Gasteiger partial charge in [-0.1, -0.05) is 77.4 Å². The van der Waals surface area contributed by atoms with Crippen LogP contribution in [0.4, 0.5) is 29.5 Å². The van der Waals surface area contributed by atoms with E-state index in [1.54, 1.807) is 47.5 Å². The number of ether oxygens (including phenoxy) is 2. The summed E-state index contributed by atoms with van der Waals surface area (Å²) in [5.74, 6) is -0.789. The van der Waals surface area contributed by atoms with Crippen molar-refractivity contribution in [1.82, 2.24) is 30.5 Å². The first-order valence-corrected chi connectivity index (χ1v) is 19.3. The zero-order chi connectivity index (χ0) is 43.2. The number of nitrogens with zero attached hydrogens (tertiary/aromatic N) is 3. The van der Waals surface area contributed by atoms with Gasteiger partial charge in [0.15, 0.2) is 0 Å². The second-order valence-electron chi connectivity index (χ2n) is 15.6. The third-order valence-corrected chi connectivity index (χ3v) is 9.86. The Morgan fingerprint density at radius 3 is 2.32 bits per heavy atom. The highest BCUT2D eigenvalue weighted by atomic mass is 35.5. The van der Waals surface area contributed by atoms with E-state index in [0.717, 1.165) is 6.07 Å². The highest BCUT2D eigenvalue weighted by molar-refractivity contribution is 6.35. The van der Waals surface area contributed by atoms with Crippen LogP contribution >= 0.6 is 11.6 Å². The standard InChI is InChI=1S/C41H48ClF3N8O6/c1-22(2)34(52-39(57)58-7)37(55)53-21-23(3)16-31(53)35-49-20-30(51-35)25-10-8-24(9-11-25)27-17-29(42)28(18-32(27)59-41(43,44)45)36(54)50-26-12-13-33(48-19-26)46-14-15-47-38(56)40(4,5)6/h8-13,17-20,22-23,31,34H,14-16,21H2,1-7H3,(H,46,48)(H,47,56)(H,49,51)(H,50,54)(H,52,57)/t23-,31-,34-/m0/s1. The molecule has 4 amide bonds. The molecular weight excluding hydrogens is 793 g/mol. The van der Waals surface area contributed by atoms with Crippen molar-refractivity contribution in [2.24, 2.45) is 17.3 Å². The average Bonchev–Trinajstić information content (AvgIpc) is 3.82. The molecule has 1 fully saturated rings. The first-order chi connectivity index (χ1) is 27.7. The Hall–Kier alpha value is -5.84. The minimum Gasteiger partial charge on any atom is -0.453 e. The molecule has 1 aliphatic rings. The number of benzene rings is 2. The molecule has 2 aromatic carbocycles. The van der Waals surface area contributed by atoms with Crippen LogP contribution < -0.4 is 26.0 Å². The Kier molecular flexibility index (Phi) is 13.8. The lowest BCUT2D eigenvalue weighted by molar-refractivity contribution is -0.274. The molecule has 0 spiro atoms. The van der Waals surface area contributed by atoms with Gasteiger partial charge in [0.25, 0.3) is 5.91 Å². The molecule has 1 aliphatic heterocycles. The SMILES string of the molecule is COC(=O)N[C@H](C(=O)N1C[C@@H](C)C[C@H]1c1nc(-c2ccc(-c3cc(Cl)c(C(=O)Nc4ccc(NCCNC(=O)C(C)(C)C)nc4)cc3OC(F)(F)F)cc2)c[nH]1)C(C)C. The molecular formula is C41H48ClF3N8O6. The van der Waals surface area contributed by atoms with Crippen molar-refractivity contribution in [2.75, 3.05) is 37.4 Å². The summed E-state index contributed by atoms with van der Waals surface area (Å²) in [6, 6.07) is 10.6. The number of alkyl carbamates (subject to hydrolysis) is 1. The van der Waals surface area contributed by atoms with Gasteiger partial charge in [0.2, 0.25) is 11.8 Å². The van der Waals surface area contributed by atoms with Crippen LogP contribution in [0.1, 0.15) is 70.2 Å². The van der Waals surface area contributed by atoms with Crippen LogP contribution in [-0.4, -0.2) is 82.8 Å². The van der Waals surface area contributed by atoms with Crippen molar-refractivity contribution in [3.63, 3.8) is 0 Å². The highest BCUT2D eigenvalue weighted by Crippen LogP contribution is 2.40. The summed E-state index contributed by atoms with van der Waals surface area (Å²) < 4.78 is 50.2. The molecule has 316 valence electrons. The molecule has 0 radical (unpaired) electrons. The zero-order valence-corrected chi connectivity index (χ0v) is 34.5. The Balaban J connectivity index is 1.30. The number of aromatic nitrogens is 3. The van der Waals surface area contributed by atoms with Crippen LogP contribution in [0.3, 0.4) is 0 Å². The topological polar surface area (TPSA) is 180 Å². The smallest absolute Gasteiger partial charge is 0.453 e. The van der Waals surface area contributed by atoms with Crippen LogP contribution in [0.15, 0.2) is 60.9 Å². The van der Waals surface area contributed by atoms with Crippen LogP contribution in [0.5, 0.6) is 5.75 Å². The van der Waals surface area contributed by atoms with E-state index < -0.39 is 35.6 Å². The summed E-state index contributed by atoms with van der Waals surface area (Å²) in [5, 5.41) is 11.0. The number of hydrogen-bond acceptors (Lipinski definition) is 9. The van der Waals surface area contributed by atoms with Crippen LogP contribution in [0.25, 0.3) is 22.4 Å². The number of pyridine rings is 1. The first-order valence-electron chi connectivity index (χ1n) is 18.9. The Morgan fingerprint density at radius 2 is 1.71 bits per heavy atom. The number of rotatable bonds is 13. The van der Waals surface area contributed by atoms with E-state index in [0.29, 0.717) is 54.5 Å². The van der Waals surface area contributed by atoms with Crippen LogP contribution in [-0.2, 0) is 14.3 Å². The molecule has 5 rings (SSSR count). The maximum absolute atomic E-state index is 13.7. The van der Waals surface area contributed by atoms with Crippen molar-refractivity contribution in [2.45, 2.75) is 66.4 Å². The van der Waals surface area contributed by atoms with Gasteiger partial charge in [0.1, 0.15) is 23.4 Å². The maximum Gasteiger partial charge on any atom is 0.573 e. The number of nitrogens with one attached hydrogen (secondary N) is 5. The summed E-state index contributed by atoms with van der Waals surface area (Å²) in [6.45, 7) is 12.4. The maximum atomic E-state index is 13.7. The molecule has 2 aromatic heterocycles. The summed E-state index contributed by atoms with van der Waals surface area (Å²) in [7, 11) is 1.23. The van der Waals surface area contributed by atoms with Crippen molar-refractivity contribution in [3.05, 3.63) is 77.3 Å². The molecule has 1 saturated heterocycles. The van der Waals surface area contributed by atoms with Crippen LogP contribution in [0, 0.1) is 17.3 Å². The molecule has 0 saturated carbocycles. The molecule has 18 heteroatoms. The van der Waals surface area contributed by atoms with Gasteiger partial charge in [-0.2, -0.15) is 0 Å². The zero-order valence-electron chi connectivity index (χ0n) is 33.7. The second kappa shape index (κ2) is 18.4. The Bertz CT molecular complexity index is 2140. The number of H-pyrrole nitrogens is 1. The van der Waals surface area contributed by atoms with E-state index in [-0.39, 0.29) is 51.5 Å². The predicted molar refractivity (Wildman–Crippen MR) is 217 cm³/mol. The van der Waals surface area contributed by atoms with Gasteiger partial charge in [-0.05, 0) is 48.1 Å². The fraction of sp³-hybridized carbons (Fsp3) is 0.415. The molecule has 0 aliphatic carbocycles. The lowest BCUT2D eigenvalue weighted by atomic mass is 9.96. The molecule has 5 N–H and O–H groups in total. The van der Waals surface area contributed by atoms with E-state index in [4.69, 9.17) is 21.3 Å².